The van der Waals surface area contributed by atoms with Crippen LogP contribution in [0.2, 0.25) is 0 Å². The Kier molecular flexibility index (Phi) is 2.86. The van der Waals surface area contributed by atoms with Crippen molar-refractivity contribution in [3.05, 3.63) is 47.7 Å². The van der Waals surface area contributed by atoms with Gasteiger partial charge in [-0.3, -0.25) is 4.40 Å². The SMILES string of the molecule is COc1cccn2c(N)c(-c3c(C)cccc3C)nc12. The van der Waals surface area contributed by atoms with Gasteiger partial charge in [0.05, 0.1) is 7.11 Å². The van der Waals surface area contributed by atoms with Crippen molar-refractivity contribution in [2.75, 3.05) is 12.8 Å². The van der Waals surface area contributed by atoms with Crippen molar-refractivity contribution >= 4 is 11.5 Å². The molecule has 2 heterocycles. The third-order valence-electron chi connectivity index (χ3n) is 3.59. The maximum absolute atomic E-state index is 6.28. The molecule has 0 amide bonds. The van der Waals surface area contributed by atoms with Crippen molar-refractivity contribution < 1.29 is 4.74 Å². The van der Waals surface area contributed by atoms with Gasteiger partial charge in [0.25, 0.3) is 0 Å². The van der Waals surface area contributed by atoms with E-state index in [1.807, 2.05) is 28.8 Å². The Morgan fingerprint density at radius 1 is 1.10 bits per heavy atom. The van der Waals surface area contributed by atoms with Gasteiger partial charge in [0.1, 0.15) is 11.5 Å². The number of aryl methyl sites for hydroxylation is 2. The molecule has 4 heteroatoms. The van der Waals surface area contributed by atoms with Gasteiger partial charge in [-0.25, -0.2) is 4.98 Å². The summed E-state index contributed by atoms with van der Waals surface area (Å²) in [5, 5.41) is 0. The largest absolute Gasteiger partial charge is 0.493 e. The number of nitrogen functional groups attached to an aromatic ring is 1. The molecule has 3 rings (SSSR count). The molecule has 2 N–H and O–H groups in total. The summed E-state index contributed by atoms with van der Waals surface area (Å²) >= 11 is 0. The van der Waals surface area contributed by atoms with Gasteiger partial charge in [0.2, 0.25) is 0 Å². The highest BCUT2D eigenvalue weighted by atomic mass is 16.5. The number of imidazole rings is 1. The van der Waals surface area contributed by atoms with Crippen molar-refractivity contribution in [3.63, 3.8) is 0 Å². The summed E-state index contributed by atoms with van der Waals surface area (Å²) in [5.74, 6) is 1.35. The van der Waals surface area contributed by atoms with E-state index in [2.05, 4.69) is 31.0 Å². The molecule has 1 aromatic carbocycles. The maximum atomic E-state index is 6.28. The van der Waals surface area contributed by atoms with Crippen LogP contribution in [-0.4, -0.2) is 16.5 Å². The van der Waals surface area contributed by atoms with Crippen LogP contribution in [0.5, 0.6) is 5.75 Å². The Morgan fingerprint density at radius 2 is 1.80 bits per heavy atom. The van der Waals surface area contributed by atoms with Gasteiger partial charge in [0, 0.05) is 11.8 Å². The quantitative estimate of drug-likeness (QED) is 0.775. The Hall–Kier alpha value is -2.49. The van der Waals surface area contributed by atoms with E-state index in [0.717, 1.165) is 22.7 Å². The monoisotopic (exact) mass is 267 g/mol. The molecular formula is C16H17N3O. The molecule has 2 aromatic heterocycles. The third-order valence-corrected chi connectivity index (χ3v) is 3.59. The third kappa shape index (κ3) is 1.72. The highest BCUT2D eigenvalue weighted by molar-refractivity contribution is 5.80. The lowest BCUT2D eigenvalue weighted by molar-refractivity contribution is 0.417. The van der Waals surface area contributed by atoms with E-state index in [4.69, 9.17) is 10.5 Å². The molecular weight excluding hydrogens is 250 g/mol. The van der Waals surface area contributed by atoms with E-state index in [9.17, 15) is 0 Å². The smallest absolute Gasteiger partial charge is 0.181 e. The van der Waals surface area contributed by atoms with E-state index in [1.165, 1.54) is 11.1 Å². The van der Waals surface area contributed by atoms with Gasteiger partial charge in [-0.1, -0.05) is 18.2 Å². The summed E-state index contributed by atoms with van der Waals surface area (Å²) in [5.41, 5.74) is 11.3. The van der Waals surface area contributed by atoms with Crippen LogP contribution in [0.1, 0.15) is 11.1 Å². The number of nitrogens with two attached hydrogens (primary N) is 1. The molecule has 20 heavy (non-hydrogen) atoms. The van der Waals surface area contributed by atoms with Crippen molar-refractivity contribution in [2.24, 2.45) is 0 Å². The lowest BCUT2D eigenvalue weighted by Gasteiger charge is -2.07. The fraction of sp³-hybridized carbons (Fsp3) is 0.188. The first-order valence-electron chi connectivity index (χ1n) is 6.50. The number of hydrogen-bond acceptors (Lipinski definition) is 3. The van der Waals surface area contributed by atoms with Gasteiger partial charge in [0.15, 0.2) is 11.4 Å². The molecule has 0 unspecified atom stereocenters. The first kappa shape index (κ1) is 12.5. The van der Waals surface area contributed by atoms with Crippen LogP contribution in [0, 0.1) is 13.8 Å². The normalized spacial score (nSPS) is 10.9. The Labute approximate surface area is 117 Å². The van der Waals surface area contributed by atoms with Crippen molar-refractivity contribution in [1.29, 1.82) is 0 Å². The number of ether oxygens (including phenoxy) is 1. The van der Waals surface area contributed by atoms with E-state index in [0.29, 0.717) is 5.82 Å². The van der Waals surface area contributed by atoms with Gasteiger partial charge in [-0.15, -0.1) is 0 Å². The van der Waals surface area contributed by atoms with E-state index in [-0.39, 0.29) is 0 Å². The number of benzene rings is 1. The minimum atomic E-state index is 0.635. The summed E-state index contributed by atoms with van der Waals surface area (Å²) in [6.07, 6.45) is 1.90. The van der Waals surface area contributed by atoms with Gasteiger partial charge in [-0.05, 0) is 37.1 Å². The average Bonchev–Trinajstić information content (AvgIpc) is 2.76. The Morgan fingerprint density at radius 3 is 2.45 bits per heavy atom. The molecule has 0 aliphatic rings. The molecule has 4 nitrogen and oxygen atoms in total. The highest BCUT2D eigenvalue weighted by Gasteiger charge is 2.17. The molecule has 3 aromatic rings. The van der Waals surface area contributed by atoms with E-state index < -0.39 is 0 Å². The summed E-state index contributed by atoms with van der Waals surface area (Å²) in [4.78, 5) is 4.69. The minimum Gasteiger partial charge on any atom is -0.493 e. The summed E-state index contributed by atoms with van der Waals surface area (Å²) < 4.78 is 7.21. The Balaban J connectivity index is 2.36. The molecule has 0 aliphatic carbocycles. The van der Waals surface area contributed by atoms with Crippen molar-refractivity contribution in [1.82, 2.24) is 9.38 Å². The second-order valence-corrected chi connectivity index (χ2v) is 4.88. The van der Waals surface area contributed by atoms with Gasteiger partial charge >= 0.3 is 0 Å². The van der Waals surface area contributed by atoms with Crippen LogP contribution in [0.3, 0.4) is 0 Å². The fourth-order valence-electron chi connectivity index (χ4n) is 2.59. The summed E-state index contributed by atoms with van der Waals surface area (Å²) in [6.45, 7) is 4.14. The second-order valence-electron chi connectivity index (χ2n) is 4.88. The zero-order valence-electron chi connectivity index (χ0n) is 11.8. The standard InChI is InChI=1S/C16H17N3O/c1-10-6-4-7-11(2)13(10)14-15(17)19-9-5-8-12(20-3)16(19)18-14/h4-9H,17H2,1-3H3. The van der Waals surface area contributed by atoms with Crippen molar-refractivity contribution in [3.8, 4) is 17.0 Å². The highest BCUT2D eigenvalue weighted by Crippen LogP contribution is 2.33. The molecule has 0 bridgehead atoms. The van der Waals surface area contributed by atoms with Crippen LogP contribution in [0.15, 0.2) is 36.5 Å². The number of aromatic nitrogens is 2. The van der Waals surface area contributed by atoms with Gasteiger partial charge < -0.3 is 10.5 Å². The number of nitrogens with zero attached hydrogens (tertiary/aromatic N) is 2. The molecule has 0 radical (unpaired) electrons. The second kappa shape index (κ2) is 4.56. The number of hydrogen-bond donors (Lipinski definition) is 1. The van der Waals surface area contributed by atoms with Gasteiger partial charge in [-0.2, -0.15) is 0 Å². The Bertz CT molecular complexity index is 770. The molecule has 0 fully saturated rings. The molecule has 0 aliphatic heterocycles. The number of pyridine rings is 1. The van der Waals surface area contributed by atoms with E-state index in [1.54, 1.807) is 7.11 Å². The fourth-order valence-corrected chi connectivity index (χ4v) is 2.59. The average molecular weight is 267 g/mol. The summed E-state index contributed by atoms with van der Waals surface area (Å²) in [6, 6.07) is 9.97. The predicted octanol–water partition coefficient (Wildman–Crippen LogP) is 3.21. The molecule has 0 atom stereocenters. The van der Waals surface area contributed by atoms with Crippen LogP contribution in [0.4, 0.5) is 5.82 Å². The summed E-state index contributed by atoms with van der Waals surface area (Å²) in [7, 11) is 1.64. The van der Waals surface area contributed by atoms with Crippen LogP contribution < -0.4 is 10.5 Å². The number of methoxy groups -OCH3 is 1. The minimum absolute atomic E-state index is 0.635. The zero-order valence-corrected chi connectivity index (χ0v) is 11.8. The van der Waals surface area contributed by atoms with Crippen molar-refractivity contribution in [2.45, 2.75) is 13.8 Å². The number of anilines is 1. The first-order valence-corrected chi connectivity index (χ1v) is 6.50. The lowest BCUT2D eigenvalue weighted by Crippen LogP contribution is -1.96. The molecule has 0 spiro atoms. The first-order chi connectivity index (χ1) is 9.63. The lowest BCUT2D eigenvalue weighted by atomic mass is 10.0. The number of fused-ring (bicyclic) bond motifs is 1. The van der Waals surface area contributed by atoms with E-state index >= 15 is 0 Å². The van der Waals surface area contributed by atoms with Crippen LogP contribution in [0.25, 0.3) is 16.9 Å². The predicted molar refractivity (Wildman–Crippen MR) is 81.1 cm³/mol. The molecule has 0 saturated carbocycles. The zero-order chi connectivity index (χ0) is 14.3. The topological polar surface area (TPSA) is 52.5 Å². The number of rotatable bonds is 2. The molecule has 0 saturated heterocycles. The maximum Gasteiger partial charge on any atom is 0.181 e. The van der Waals surface area contributed by atoms with Crippen LogP contribution in [-0.2, 0) is 0 Å². The molecule has 102 valence electrons. The van der Waals surface area contributed by atoms with Crippen LogP contribution >= 0.6 is 0 Å².